The SMILES string of the molecule is O=S(=O)([O-])[O-].[BaH2].[Sr+2]. The maximum absolute atomic E-state index is 8.52. The Morgan fingerprint density at radius 1 is 1.14 bits per heavy atom. The van der Waals surface area contributed by atoms with Crippen molar-refractivity contribution in [3.05, 3.63) is 0 Å². The van der Waals surface area contributed by atoms with Gasteiger partial charge in [-0.3, -0.25) is 8.42 Å². The van der Waals surface area contributed by atoms with E-state index in [9.17, 15) is 0 Å². The van der Waals surface area contributed by atoms with Crippen LogP contribution in [0, 0.1) is 0 Å². The zero-order chi connectivity index (χ0) is 4.50. The van der Waals surface area contributed by atoms with E-state index in [1.54, 1.807) is 0 Å². The third-order valence-corrected chi connectivity index (χ3v) is 0. The van der Waals surface area contributed by atoms with Gasteiger partial charge in [0.15, 0.2) is 0 Å². The molecule has 0 unspecified atom stereocenters. The van der Waals surface area contributed by atoms with Crippen LogP contribution in [-0.2, 0) is 10.4 Å². The standard InChI is InChI=1S/Ba.H2O4S.Sr.2H/c;1-5(2,3)4;;;/h;(H2,1,2,3,4);;;/q;;+2;;/p-2. The van der Waals surface area contributed by atoms with Gasteiger partial charge in [-0.05, 0) is 0 Å². The molecule has 36 valence electrons. The molecule has 0 fully saturated rings. The van der Waals surface area contributed by atoms with Crippen LogP contribution in [0.4, 0.5) is 0 Å². The van der Waals surface area contributed by atoms with Gasteiger partial charge in [0.1, 0.15) is 0 Å². The molecule has 0 heterocycles. The van der Waals surface area contributed by atoms with Gasteiger partial charge in [0.05, 0.1) is 0 Å². The third kappa shape index (κ3) is 50.1. The molecule has 0 bridgehead atoms. The Kier molecular flexibility index (Phi) is 16.6. The van der Waals surface area contributed by atoms with E-state index in [0.29, 0.717) is 0 Å². The van der Waals surface area contributed by atoms with Crippen molar-refractivity contribution < 1.29 is 17.5 Å². The van der Waals surface area contributed by atoms with Gasteiger partial charge in [-0.1, -0.05) is 0 Å². The topological polar surface area (TPSA) is 80.3 Å². The summed E-state index contributed by atoms with van der Waals surface area (Å²) < 4.78 is 34.1. The van der Waals surface area contributed by atoms with Crippen molar-refractivity contribution in [2.45, 2.75) is 0 Å². The van der Waals surface area contributed by atoms with Crippen LogP contribution >= 0.6 is 0 Å². The molecule has 7 heavy (non-hydrogen) atoms. The zero-order valence-corrected chi connectivity index (χ0v) is 7.04. The van der Waals surface area contributed by atoms with Crippen LogP contribution in [0.1, 0.15) is 0 Å². The largest absolute Gasteiger partial charge is 2.00 e. The Morgan fingerprint density at radius 3 is 1.14 bits per heavy atom. The molecule has 0 aromatic carbocycles. The Morgan fingerprint density at radius 2 is 1.14 bits per heavy atom. The minimum atomic E-state index is -5.17. The van der Waals surface area contributed by atoms with Gasteiger partial charge in [-0.15, -0.1) is 0 Å². The number of rotatable bonds is 0. The molecule has 0 aliphatic heterocycles. The molecule has 0 spiro atoms. The maximum atomic E-state index is 8.52. The smallest absolute Gasteiger partial charge is 2.00 e. The summed E-state index contributed by atoms with van der Waals surface area (Å²) in [7, 11) is -5.17. The fourth-order valence-corrected chi connectivity index (χ4v) is 0. The predicted molar refractivity (Wildman–Crippen MR) is 24.8 cm³/mol. The summed E-state index contributed by atoms with van der Waals surface area (Å²) in [6.07, 6.45) is 0. The van der Waals surface area contributed by atoms with Gasteiger partial charge in [0.2, 0.25) is 0 Å². The average Bonchev–Trinajstić information content (AvgIpc) is 0.722. The predicted octanol–water partition coefficient (Wildman–Crippen LogP) is -2.63. The van der Waals surface area contributed by atoms with Gasteiger partial charge in [-0.2, -0.15) is 0 Å². The summed E-state index contributed by atoms with van der Waals surface area (Å²) in [4.78, 5) is 0. The minimum Gasteiger partial charge on any atom is 2.00 e. The van der Waals surface area contributed by atoms with Crippen molar-refractivity contribution in [1.82, 2.24) is 0 Å². The second kappa shape index (κ2) is 7.03. The van der Waals surface area contributed by atoms with Crippen LogP contribution in [0.25, 0.3) is 0 Å². The molecule has 0 N–H and O–H groups in total. The summed E-state index contributed by atoms with van der Waals surface area (Å²) in [5, 5.41) is 0. The molecule has 0 atom stereocenters. The minimum absolute atomic E-state index is 0. The molecule has 7 heteroatoms. The molecule has 0 amide bonds. The normalized spacial score (nSPS) is 8.29. The van der Waals surface area contributed by atoms with Crippen LogP contribution in [0.15, 0.2) is 0 Å². The van der Waals surface area contributed by atoms with E-state index in [1.165, 1.54) is 0 Å². The van der Waals surface area contributed by atoms with Crippen molar-refractivity contribution in [1.29, 1.82) is 0 Å². The van der Waals surface area contributed by atoms with Crippen molar-refractivity contribution in [2.24, 2.45) is 0 Å². The van der Waals surface area contributed by atoms with E-state index in [2.05, 4.69) is 0 Å². The molecule has 4 nitrogen and oxygen atoms in total. The molecule has 0 aliphatic carbocycles. The quantitative estimate of drug-likeness (QED) is 0.277. The first kappa shape index (κ1) is 16.5. The van der Waals surface area contributed by atoms with Crippen LogP contribution in [-0.4, -0.2) is 112 Å². The Balaban J connectivity index is -0.0000000800. The Hall–Kier alpha value is 2.92. The van der Waals surface area contributed by atoms with E-state index in [-0.39, 0.29) is 94.4 Å². The van der Waals surface area contributed by atoms with Gasteiger partial charge in [0.25, 0.3) is 0 Å². The summed E-state index contributed by atoms with van der Waals surface area (Å²) in [6.45, 7) is 0. The van der Waals surface area contributed by atoms with Gasteiger partial charge >= 0.3 is 94.4 Å². The second-order valence-corrected chi connectivity index (χ2v) is 1.22. The molecule has 0 aliphatic rings. The van der Waals surface area contributed by atoms with Crippen LogP contribution in [0.3, 0.4) is 0 Å². The third-order valence-electron chi connectivity index (χ3n) is 0. The monoisotopic (exact) mass is 324 g/mol. The van der Waals surface area contributed by atoms with Gasteiger partial charge in [0, 0.05) is 10.4 Å². The molecule has 0 aromatic heterocycles. The van der Waals surface area contributed by atoms with E-state index in [0.717, 1.165) is 0 Å². The van der Waals surface area contributed by atoms with Crippen LogP contribution in [0.5, 0.6) is 0 Å². The molecule has 0 saturated heterocycles. The Labute approximate surface area is 119 Å². The molecular formula is H2BaO4SSr. The van der Waals surface area contributed by atoms with Crippen molar-refractivity contribution in [3.63, 3.8) is 0 Å². The Bertz CT molecular complexity index is 94.9. The van der Waals surface area contributed by atoms with E-state index >= 15 is 0 Å². The first-order valence-corrected chi connectivity index (χ1v) is 2.00. The van der Waals surface area contributed by atoms with E-state index in [4.69, 9.17) is 17.5 Å². The van der Waals surface area contributed by atoms with Crippen molar-refractivity contribution in [2.75, 3.05) is 0 Å². The first-order chi connectivity index (χ1) is 2.00. The molecular weight excluding hydrogens is 321 g/mol. The molecule has 0 saturated carbocycles. The van der Waals surface area contributed by atoms with E-state index in [1.807, 2.05) is 0 Å². The first-order valence-electron chi connectivity index (χ1n) is 0.667. The number of hydrogen-bond donors (Lipinski definition) is 0. The van der Waals surface area contributed by atoms with Crippen LogP contribution in [0.2, 0.25) is 0 Å². The van der Waals surface area contributed by atoms with Gasteiger partial charge in [-0.25, -0.2) is 0 Å². The van der Waals surface area contributed by atoms with Crippen LogP contribution < -0.4 is 0 Å². The second-order valence-electron chi connectivity index (χ2n) is 0.408. The summed E-state index contributed by atoms with van der Waals surface area (Å²) in [5.41, 5.74) is 0. The fourth-order valence-electron chi connectivity index (χ4n) is 0. The molecule has 0 radical (unpaired) electrons. The molecule has 0 aromatic rings. The summed E-state index contributed by atoms with van der Waals surface area (Å²) >= 11 is 0. The average molecular weight is 323 g/mol. The van der Waals surface area contributed by atoms with Gasteiger partial charge < -0.3 is 9.11 Å². The van der Waals surface area contributed by atoms with E-state index < -0.39 is 10.4 Å². The fraction of sp³-hybridized carbons (Fsp3) is 0. The maximum Gasteiger partial charge on any atom is 2.00 e. The summed E-state index contributed by atoms with van der Waals surface area (Å²) in [5.74, 6) is 0. The zero-order valence-electron chi connectivity index (χ0n) is 2.75. The van der Waals surface area contributed by atoms with Crippen molar-refractivity contribution in [3.8, 4) is 0 Å². The number of hydrogen-bond acceptors (Lipinski definition) is 4. The van der Waals surface area contributed by atoms with Crippen molar-refractivity contribution >= 4 is 105 Å². The molecule has 0 rings (SSSR count). The summed E-state index contributed by atoms with van der Waals surface area (Å²) in [6, 6.07) is 0.